The lowest BCUT2D eigenvalue weighted by Crippen LogP contribution is -2.55. The van der Waals surface area contributed by atoms with Crippen LogP contribution >= 0.6 is 0 Å². The molecule has 61 heavy (non-hydrogen) atoms. The van der Waals surface area contributed by atoms with Gasteiger partial charge in [-0.05, 0) is 116 Å². The summed E-state index contributed by atoms with van der Waals surface area (Å²) in [5, 5.41) is 4.99. The molecule has 2 nitrogen and oxygen atoms in total. The highest BCUT2D eigenvalue weighted by molar-refractivity contribution is 6.10. The number of aromatic nitrogens is 1. The van der Waals surface area contributed by atoms with Crippen molar-refractivity contribution in [1.82, 2.24) is 4.57 Å². The maximum atomic E-state index is 2.62. The molecule has 1 spiro atoms. The maximum absolute atomic E-state index is 2.62. The normalized spacial score (nSPS) is 20.3. The van der Waals surface area contributed by atoms with Crippen molar-refractivity contribution in [3.63, 3.8) is 0 Å². The van der Waals surface area contributed by atoms with Crippen molar-refractivity contribution < 1.29 is 0 Å². The van der Waals surface area contributed by atoms with E-state index in [-0.39, 0.29) is 16.7 Å². The van der Waals surface area contributed by atoms with Gasteiger partial charge < -0.3 is 9.47 Å². The Hall–Kier alpha value is -7.42. The minimum absolute atomic E-state index is 0.232. The second-order valence-corrected chi connectivity index (χ2v) is 17.2. The Balaban J connectivity index is 1.04. The summed E-state index contributed by atoms with van der Waals surface area (Å²) >= 11 is 0. The molecule has 3 aliphatic rings. The van der Waals surface area contributed by atoms with Gasteiger partial charge in [0.05, 0.1) is 11.0 Å². The molecule has 290 valence electrons. The van der Waals surface area contributed by atoms with Crippen molar-refractivity contribution in [2.24, 2.45) is 11.3 Å². The molecule has 2 aliphatic carbocycles. The van der Waals surface area contributed by atoms with E-state index < -0.39 is 0 Å². The molecule has 0 saturated carbocycles. The van der Waals surface area contributed by atoms with Gasteiger partial charge in [-0.3, -0.25) is 0 Å². The molecule has 0 bridgehead atoms. The number of rotatable bonds is 5. The van der Waals surface area contributed by atoms with Crippen molar-refractivity contribution in [2.45, 2.75) is 19.3 Å². The summed E-state index contributed by atoms with van der Waals surface area (Å²) in [7, 11) is 0. The van der Waals surface area contributed by atoms with Gasteiger partial charge in [0.25, 0.3) is 0 Å². The fraction of sp³-hybridized carbons (Fsp3) is 0.0847. The molecule has 3 atom stereocenters. The van der Waals surface area contributed by atoms with Gasteiger partial charge in [0, 0.05) is 44.4 Å². The van der Waals surface area contributed by atoms with Crippen molar-refractivity contribution in [1.29, 1.82) is 0 Å². The van der Waals surface area contributed by atoms with Crippen LogP contribution in [0.25, 0.3) is 66.1 Å². The summed E-state index contributed by atoms with van der Waals surface area (Å²) in [6, 6.07) is 69.2. The van der Waals surface area contributed by atoms with Crippen LogP contribution in [0.5, 0.6) is 0 Å². The number of hydrogen-bond acceptors (Lipinski definition) is 1. The van der Waals surface area contributed by atoms with Gasteiger partial charge in [0.15, 0.2) is 0 Å². The van der Waals surface area contributed by atoms with Crippen LogP contribution in [0.3, 0.4) is 0 Å². The quantitative estimate of drug-likeness (QED) is 0.169. The summed E-state index contributed by atoms with van der Waals surface area (Å²) in [6.45, 7) is 4.87. The number of hydrogen-bond donors (Lipinski definition) is 0. The topological polar surface area (TPSA) is 8.17 Å². The molecule has 0 N–H and O–H groups in total. The average Bonchev–Trinajstić information content (AvgIpc) is 3.65. The van der Waals surface area contributed by atoms with Crippen LogP contribution in [0, 0.1) is 11.3 Å². The second kappa shape index (κ2) is 13.6. The highest BCUT2D eigenvalue weighted by Gasteiger charge is 2.59. The van der Waals surface area contributed by atoms with Crippen LogP contribution in [-0.4, -0.2) is 4.57 Å². The third-order valence-corrected chi connectivity index (χ3v) is 14.0. The van der Waals surface area contributed by atoms with Gasteiger partial charge >= 0.3 is 0 Å². The molecule has 0 saturated heterocycles. The molecule has 3 unspecified atom stereocenters. The van der Waals surface area contributed by atoms with Crippen molar-refractivity contribution in [3.8, 4) is 27.9 Å². The van der Waals surface area contributed by atoms with Gasteiger partial charge in [-0.25, -0.2) is 0 Å². The Kier molecular flexibility index (Phi) is 7.89. The lowest BCUT2D eigenvalue weighted by atomic mass is 9.49. The summed E-state index contributed by atoms with van der Waals surface area (Å²) in [5.74, 6) is 0.232. The van der Waals surface area contributed by atoms with Crippen molar-refractivity contribution >= 4 is 49.5 Å². The fourth-order valence-electron chi connectivity index (χ4n) is 11.0. The zero-order chi connectivity index (χ0) is 40.7. The second-order valence-electron chi connectivity index (χ2n) is 17.2. The predicted octanol–water partition coefficient (Wildman–Crippen LogP) is 15.4. The largest absolute Gasteiger partial charge is 0.313 e. The molecule has 0 radical (unpaired) electrons. The summed E-state index contributed by atoms with van der Waals surface area (Å²) < 4.78 is 2.46. The van der Waals surface area contributed by atoms with E-state index in [0.717, 1.165) is 5.69 Å². The van der Waals surface area contributed by atoms with E-state index >= 15 is 0 Å². The van der Waals surface area contributed by atoms with Crippen LogP contribution in [0.4, 0.5) is 11.4 Å². The highest BCUT2D eigenvalue weighted by Crippen LogP contribution is 2.65. The number of para-hydroxylation sites is 2. The number of allylic oxidation sites excluding steroid dienone is 7. The van der Waals surface area contributed by atoms with Crippen LogP contribution in [0.2, 0.25) is 0 Å². The Bertz CT molecular complexity index is 3290. The Morgan fingerprint density at radius 2 is 1.18 bits per heavy atom. The van der Waals surface area contributed by atoms with E-state index in [1.165, 1.54) is 88.6 Å². The first-order valence-electron chi connectivity index (χ1n) is 21.5. The lowest BCUT2D eigenvalue weighted by Gasteiger charge is -2.59. The zero-order valence-electron chi connectivity index (χ0n) is 34.3. The Morgan fingerprint density at radius 3 is 1.97 bits per heavy atom. The van der Waals surface area contributed by atoms with Crippen molar-refractivity contribution in [2.75, 3.05) is 4.90 Å². The van der Waals surface area contributed by atoms with Gasteiger partial charge in [0.2, 0.25) is 0 Å². The third-order valence-electron chi connectivity index (χ3n) is 14.0. The zero-order valence-corrected chi connectivity index (χ0v) is 34.3. The summed E-state index contributed by atoms with van der Waals surface area (Å²) in [4.78, 5) is 2.54. The maximum Gasteiger partial charge on any atom is 0.0541 e. The monoisotopic (exact) mass is 780 g/mol. The minimum Gasteiger partial charge on any atom is -0.313 e. The van der Waals surface area contributed by atoms with Gasteiger partial charge in [-0.1, -0.05) is 178 Å². The average molecular weight is 781 g/mol. The van der Waals surface area contributed by atoms with E-state index in [1.54, 1.807) is 0 Å². The van der Waals surface area contributed by atoms with E-state index in [4.69, 9.17) is 0 Å². The van der Waals surface area contributed by atoms with E-state index in [2.05, 4.69) is 248 Å². The molecule has 1 aromatic heterocycles. The third kappa shape index (κ3) is 5.28. The molecule has 9 aromatic rings. The van der Waals surface area contributed by atoms with E-state index in [0.29, 0.717) is 0 Å². The molecule has 0 amide bonds. The molecule has 2 heterocycles. The highest BCUT2D eigenvalue weighted by atomic mass is 15.2. The summed E-state index contributed by atoms with van der Waals surface area (Å²) in [5.41, 5.74) is 15.3. The van der Waals surface area contributed by atoms with Crippen LogP contribution in [-0.2, 0) is 5.41 Å². The lowest BCUT2D eigenvalue weighted by molar-refractivity contribution is 0.216. The number of fused-ring (bicyclic) bond motifs is 6. The van der Waals surface area contributed by atoms with Crippen LogP contribution in [0.15, 0.2) is 230 Å². The molecule has 1 aliphatic heterocycles. The number of anilines is 2. The van der Waals surface area contributed by atoms with Crippen molar-refractivity contribution in [3.05, 3.63) is 241 Å². The molecule has 0 fully saturated rings. The van der Waals surface area contributed by atoms with Crippen LogP contribution < -0.4 is 4.90 Å². The first kappa shape index (κ1) is 35.5. The fourth-order valence-corrected chi connectivity index (χ4v) is 11.0. The molecular formula is C59H44N2. The summed E-state index contributed by atoms with van der Waals surface area (Å²) in [6.07, 6.45) is 14.6. The Morgan fingerprint density at radius 1 is 0.508 bits per heavy atom. The standard InChI is InChI=1S/C59H44N2/c1-40-16-15-27-57-59(40)39-46(32-33-58(59,2)53-24-12-14-26-56(53)61(57)49-30-28-43-21-9-10-22-44(43)35-49)45-29-31-55-52(38-45)51-23-11-13-25-54(51)60(55)50-36-47(41-17-5-3-6-18-41)34-48(37-50)42-19-7-4-8-20-42/h3-40H,1-2H3. The number of benzene rings is 8. The van der Waals surface area contributed by atoms with E-state index in [9.17, 15) is 0 Å². The first-order chi connectivity index (χ1) is 30.0. The minimum atomic E-state index is -0.347. The Labute approximate surface area is 357 Å². The van der Waals surface area contributed by atoms with E-state index in [1.807, 2.05) is 0 Å². The first-order valence-corrected chi connectivity index (χ1v) is 21.5. The molecule has 8 aromatic carbocycles. The molecule has 12 rings (SSSR count). The van der Waals surface area contributed by atoms with Gasteiger partial charge in [0.1, 0.15) is 0 Å². The molecule has 2 heteroatoms. The van der Waals surface area contributed by atoms with Crippen LogP contribution in [0.1, 0.15) is 25.0 Å². The SMILES string of the molecule is CC1C=CC=C2N(c3ccc4ccccc4c3)c3ccccc3C3(C)C=CC(c4ccc5c(c4)c4ccccc4n5-c4cc(-c5ccccc5)cc(-c5ccccc5)c4)=CC213. The van der Waals surface area contributed by atoms with Gasteiger partial charge in [-0.15, -0.1) is 0 Å². The van der Waals surface area contributed by atoms with Gasteiger partial charge in [-0.2, -0.15) is 0 Å². The predicted molar refractivity (Wildman–Crippen MR) is 257 cm³/mol. The molecular weight excluding hydrogens is 737 g/mol. The smallest absolute Gasteiger partial charge is 0.0541 e. The number of nitrogens with zero attached hydrogens (tertiary/aromatic N) is 2.